The third-order valence-corrected chi connectivity index (χ3v) is 14.0. The van der Waals surface area contributed by atoms with E-state index < -0.39 is 5.92 Å². The zero-order chi connectivity index (χ0) is 44.7. The maximum atomic E-state index is 13.5. The normalized spacial score (nSPS) is 15.4. The standard InChI is InChI=1S/C53H72N4O3S2/c1-9-40(3)25-27-42(5)57-35-31-47(32-36-57)45(8)60-37-51(49-23-15-12-16-24-49)53(59)55-39-62-44(7)20-18-17-19-43(6)61-38-54-52(58)50(48-21-13-11-14-22-48)28-26-41(4)46-29-33-56(10-2)34-30-46/h9-16,21-24,46-47,50-51H,1-8,17-20,25-39H2,(H,54,58)(H,55,59). The number of hydrogen-bond donors (Lipinski definition) is 2. The molecule has 62 heavy (non-hydrogen) atoms. The predicted octanol–water partition coefficient (Wildman–Crippen LogP) is 12.2. The van der Waals surface area contributed by atoms with Gasteiger partial charge in [-0.15, -0.1) is 23.5 Å². The first-order chi connectivity index (χ1) is 30.0. The van der Waals surface area contributed by atoms with Crippen LogP contribution < -0.4 is 10.6 Å². The third kappa shape index (κ3) is 17.3. The van der Waals surface area contributed by atoms with Crippen LogP contribution in [0.15, 0.2) is 158 Å². The number of piperidine rings is 2. The lowest BCUT2D eigenvalue weighted by Gasteiger charge is -2.35. The van der Waals surface area contributed by atoms with Gasteiger partial charge in [-0.1, -0.05) is 131 Å². The zero-order valence-electron chi connectivity index (χ0n) is 37.3. The van der Waals surface area contributed by atoms with E-state index in [1.165, 1.54) is 5.57 Å². The van der Waals surface area contributed by atoms with E-state index in [9.17, 15) is 9.59 Å². The van der Waals surface area contributed by atoms with Gasteiger partial charge in [-0.05, 0) is 110 Å². The fourth-order valence-corrected chi connectivity index (χ4v) is 9.43. The average molecular weight is 877 g/mol. The summed E-state index contributed by atoms with van der Waals surface area (Å²) in [5, 5.41) is 6.28. The second-order valence-corrected chi connectivity index (χ2v) is 18.8. The molecule has 0 bridgehead atoms. The molecule has 0 radical (unpaired) electrons. The molecule has 2 fully saturated rings. The van der Waals surface area contributed by atoms with Gasteiger partial charge in [-0.25, -0.2) is 0 Å². The molecule has 7 nitrogen and oxygen atoms in total. The van der Waals surface area contributed by atoms with Gasteiger partial charge in [0.25, 0.3) is 0 Å². The Morgan fingerprint density at radius 2 is 1.19 bits per heavy atom. The summed E-state index contributed by atoms with van der Waals surface area (Å²) in [4.78, 5) is 33.7. The van der Waals surface area contributed by atoms with Gasteiger partial charge in [0.05, 0.1) is 29.3 Å². The van der Waals surface area contributed by atoms with E-state index >= 15 is 0 Å². The van der Waals surface area contributed by atoms with E-state index in [0.717, 1.165) is 141 Å². The molecule has 4 rings (SSSR count). The number of rotatable bonds is 29. The average Bonchev–Trinajstić information content (AvgIpc) is 3.30. The van der Waals surface area contributed by atoms with Gasteiger partial charge in [-0.3, -0.25) is 9.59 Å². The number of nitrogens with zero attached hydrogens (tertiary/aromatic N) is 2. The molecular formula is C53H72N4O3S2. The van der Waals surface area contributed by atoms with Crippen LogP contribution in [0, 0.1) is 11.8 Å². The van der Waals surface area contributed by atoms with Crippen LogP contribution in [0.5, 0.6) is 0 Å². The molecule has 2 aliphatic rings. The highest BCUT2D eigenvalue weighted by molar-refractivity contribution is 8.03. The highest BCUT2D eigenvalue weighted by Gasteiger charge is 2.27. The number of likely N-dealkylation sites (tertiary alicyclic amines) is 2. The second-order valence-electron chi connectivity index (χ2n) is 16.5. The second kappa shape index (κ2) is 27.5. The van der Waals surface area contributed by atoms with Gasteiger partial charge in [-0.2, -0.15) is 0 Å². The Bertz CT molecular complexity index is 1830. The van der Waals surface area contributed by atoms with E-state index in [4.69, 9.17) is 4.74 Å². The smallest absolute Gasteiger partial charge is 0.231 e. The van der Waals surface area contributed by atoms with E-state index in [1.54, 1.807) is 23.5 Å². The first-order valence-corrected chi connectivity index (χ1v) is 24.3. The molecular weight excluding hydrogens is 805 g/mol. The van der Waals surface area contributed by atoms with Gasteiger partial charge in [0.2, 0.25) is 11.8 Å². The van der Waals surface area contributed by atoms with E-state index in [2.05, 4.69) is 73.1 Å². The van der Waals surface area contributed by atoms with Gasteiger partial charge >= 0.3 is 0 Å². The van der Waals surface area contributed by atoms with E-state index in [1.807, 2.05) is 72.9 Å². The highest BCUT2D eigenvalue weighted by atomic mass is 32.2. The monoisotopic (exact) mass is 877 g/mol. The minimum Gasteiger partial charge on any atom is -0.497 e. The molecule has 334 valence electrons. The quantitative estimate of drug-likeness (QED) is 0.0277. The van der Waals surface area contributed by atoms with Crippen molar-refractivity contribution in [3.63, 3.8) is 0 Å². The minimum absolute atomic E-state index is 0.0522. The van der Waals surface area contributed by atoms with Crippen molar-refractivity contribution in [1.29, 1.82) is 0 Å². The van der Waals surface area contributed by atoms with Crippen molar-refractivity contribution in [2.24, 2.45) is 11.8 Å². The van der Waals surface area contributed by atoms with Crippen LogP contribution >= 0.6 is 23.5 Å². The van der Waals surface area contributed by atoms with Crippen molar-refractivity contribution in [3.8, 4) is 0 Å². The predicted molar refractivity (Wildman–Crippen MR) is 266 cm³/mol. The number of thioether (sulfide) groups is 2. The fourth-order valence-electron chi connectivity index (χ4n) is 8.01. The number of ether oxygens (including phenoxy) is 1. The topological polar surface area (TPSA) is 73.9 Å². The molecule has 9 heteroatoms. The van der Waals surface area contributed by atoms with Crippen molar-refractivity contribution >= 4 is 35.3 Å². The van der Waals surface area contributed by atoms with Gasteiger partial charge in [0.15, 0.2) is 0 Å². The van der Waals surface area contributed by atoms with E-state index in [0.29, 0.717) is 17.7 Å². The number of unbranched alkanes of at least 4 members (excludes halogenated alkanes) is 1. The summed E-state index contributed by atoms with van der Waals surface area (Å²) in [6, 6.07) is 19.9. The van der Waals surface area contributed by atoms with Crippen LogP contribution in [0.2, 0.25) is 0 Å². The van der Waals surface area contributed by atoms with E-state index in [-0.39, 0.29) is 30.3 Å². The van der Waals surface area contributed by atoms with Crippen molar-refractivity contribution in [1.82, 2.24) is 20.4 Å². The maximum absolute atomic E-state index is 13.5. The minimum atomic E-state index is -0.451. The summed E-state index contributed by atoms with van der Waals surface area (Å²) in [7, 11) is 0. The first kappa shape index (κ1) is 50.0. The number of carbonyl (C=O) groups is 2. The number of carbonyl (C=O) groups excluding carboxylic acids is 2. The Labute approximate surface area is 382 Å². The van der Waals surface area contributed by atoms with Crippen molar-refractivity contribution in [3.05, 3.63) is 169 Å². The molecule has 2 aromatic carbocycles. The lowest BCUT2D eigenvalue weighted by atomic mass is 9.84. The molecule has 2 aromatic rings. The number of hydrogen-bond acceptors (Lipinski definition) is 7. The Kier molecular flexibility index (Phi) is 22.2. The van der Waals surface area contributed by atoms with Crippen LogP contribution in [0.4, 0.5) is 0 Å². The lowest BCUT2D eigenvalue weighted by Crippen LogP contribution is -2.34. The Morgan fingerprint density at radius 3 is 1.73 bits per heavy atom. The summed E-state index contributed by atoms with van der Waals surface area (Å²) in [5.41, 5.74) is 5.38. The van der Waals surface area contributed by atoms with Crippen LogP contribution in [-0.2, 0) is 14.3 Å². The van der Waals surface area contributed by atoms with Crippen LogP contribution in [0.25, 0.3) is 0 Å². The Morgan fingerprint density at radius 1 is 0.677 bits per heavy atom. The number of allylic oxidation sites excluding steroid dienone is 7. The Hall–Kier alpha value is -4.60. The first-order valence-electron chi connectivity index (χ1n) is 22.3. The molecule has 2 unspecified atom stereocenters. The largest absolute Gasteiger partial charge is 0.497 e. The zero-order valence-corrected chi connectivity index (χ0v) is 38.9. The van der Waals surface area contributed by atoms with Gasteiger partial charge < -0.3 is 25.2 Å². The SMILES string of the molecule is C=CC(=C)CCC(=C)N1CCC(C(=C)OCC(C(=O)NCSC(=C)CCCCC(=C)SCNC(=O)C(CCC(=C)C2CCN(C=C)CC2)c2ccccc2)c2ccccc2)CC1. The van der Waals surface area contributed by atoms with Crippen LogP contribution in [0.3, 0.4) is 0 Å². The summed E-state index contributed by atoms with van der Waals surface area (Å²) in [5.74, 6) is 1.75. The summed E-state index contributed by atoms with van der Waals surface area (Å²) in [6.45, 7) is 37.4. The molecule has 2 atom stereocenters. The summed E-state index contributed by atoms with van der Waals surface area (Å²) >= 11 is 3.18. The van der Waals surface area contributed by atoms with Crippen LogP contribution in [-0.4, -0.2) is 66.2 Å². The molecule has 2 N–H and O–H groups in total. The number of benzene rings is 2. The highest BCUT2D eigenvalue weighted by Crippen LogP contribution is 2.32. The third-order valence-electron chi connectivity index (χ3n) is 12.2. The molecule has 0 spiro atoms. The molecule has 0 aromatic heterocycles. The molecule has 2 heterocycles. The van der Waals surface area contributed by atoms with Gasteiger partial charge in [0, 0.05) is 37.8 Å². The molecule has 2 amide bonds. The van der Waals surface area contributed by atoms with Crippen LogP contribution in [0.1, 0.15) is 100 Å². The van der Waals surface area contributed by atoms with Crippen molar-refractivity contribution < 1.29 is 14.3 Å². The van der Waals surface area contributed by atoms with Crippen molar-refractivity contribution in [2.45, 2.75) is 88.9 Å². The number of amides is 2. The summed E-state index contributed by atoms with van der Waals surface area (Å²) < 4.78 is 6.25. The van der Waals surface area contributed by atoms with Crippen molar-refractivity contribution in [2.75, 3.05) is 44.5 Å². The summed E-state index contributed by atoms with van der Waals surface area (Å²) in [6.07, 6.45) is 14.8. The molecule has 2 saturated heterocycles. The molecule has 2 aliphatic heterocycles. The number of nitrogens with one attached hydrogen (secondary N) is 2. The molecule has 0 aliphatic carbocycles. The molecule has 0 saturated carbocycles. The lowest BCUT2D eigenvalue weighted by molar-refractivity contribution is -0.123. The maximum Gasteiger partial charge on any atom is 0.231 e. The van der Waals surface area contributed by atoms with Gasteiger partial charge in [0.1, 0.15) is 6.61 Å². The Balaban J connectivity index is 1.11. The fraction of sp³-hybridized carbons (Fsp3) is 0.434.